The molecular weight excluding hydrogens is 224 g/mol. The number of hydrogen-bond acceptors (Lipinski definition) is 2. The SMILES string of the molecule is Cc1cc(C)cc(-c2cc(=O)[nH]c(C3CC3)n2)c1. The lowest BCUT2D eigenvalue weighted by molar-refractivity contribution is 0.912. The van der Waals surface area contributed by atoms with Gasteiger partial charge >= 0.3 is 0 Å². The highest BCUT2D eigenvalue weighted by atomic mass is 16.1. The van der Waals surface area contributed by atoms with Crippen LogP contribution < -0.4 is 5.56 Å². The number of nitrogens with zero attached hydrogens (tertiary/aromatic N) is 1. The molecule has 0 atom stereocenters. The Bertz CT molecular complexity index is 634. The Balaban J connectivity index is 2.12. The average molecular weight is 240 g/mol. The second kappa shape index (κ2) is 4.09. The second-order valence-electron chi connectivity index (χ2n) is 5.17. The fourth-order valence-corrected chi connectivity index (χ4v) is 2.30. The van der Waals surface area contributed by atoms with Crippen molar-refractivity contribution in [1.29, 1.82) is 0 Å². The monoisotopic (exact) mass is 240 g/mol. The maximum Gasteiger partial charge on any atom is 0.251 e. The molecule has 1 aromatic carbocycles. The van der Waals surface area contributed by atoms with Crippen LogP contribution >= 0.6 is 0 Å². The summed E-state index contributed by atoms with van der Waals surface area (Å²) in [6, 6.07) is 7.86. The Hall–Kier alpha value is -1.90. The van der Waals surface area contributed by atoms with Gasteiger partial charge in [0.2, 0.25) is 0 Å². The number of aromatic amines is 1. The number of H-pyrrole nitrogens is 1. The number of hydrogen-bond donors (Lipinski definition) is 1. The maximum atomic E-state index is 11.7. The maximum absolute atomic E-state index is 11.7. The number of rotatable bonds is 2. The highest BCUT2D eigenvalue weighted by Gasteiger charge is 2.26. The normalized spacial score (nSPS) is 14.8. The minimum Gasteiger partial charge on any atom is -0.310 e. The molecule has 3 heteroatoms. The number of aryl methyl sites for hydroxylation is 2. The van der Waals surface area contributed by atoms with Crippen molar-refractivity contribution >= 4 is 0 Å². The molecule has 1 heterocycles. The van der Waals surface area contributed by atoms with E-state index in [1.54, 1.807) is 6.07 Å². The minimum absolute atomic E-state index is 0.0546. The van der Waals surface area contributed by atoms with Crippen LogP contribution in [0.2, 0.25) is 0 Å². The Morgan fingerprint density at radius 2 is 1.78 bits per heavy atom. The molecule has 1 aliphatic carbocycles. The van der Waals surface area contributed by atoms with Gasteiger partial charge in [0, 0.05) is 17.5 Å². The summed E-state index contributed by atoms with van der Waals surface area (Å²) in [7, 11) is 0. The first-order chi connectivity index (χ1) is 8.61. The Morgan fingerprint density at radius 3 is 2.39 bits per heavy atom. The lowest BCUT2D eigenvalue weighted by Crippen LogP contribution is -2.10. The Labute approximate surface area is 106 Å². The van der Waals surface area contributed by atoms with Gasteiger partial charge in [-0.2, -0.15) is 0 Å². The van der Waals surface area contributed by atoms with E-state index in [1.165, 1.54) is 11.1 Å². The summed E-state index contributed by atoms with van der Waals surface area (Å²) >= 11 is 0. The van der Waals surface area contributed by atoms with Gasteiger partial charge in [0.25, 0.3) is 5.56 Å². The van der Waals surface area contributed by atoms with Crippen molar-refractivity contribution in [3.63, 3.8) is 0 Å². The Morgan fingerprint density at radius 1 is 1.11 bits per heavy atom. The van der Waals surface area contributed by atoms with Crippen LogP contribution in [0.15, 0.2) is 29.1 Å². The van der Waals surface area contributed by atoms with Crippen LogP contribution in [0.4, 0.5) is 0 Å². The van der Waals surface area contributed by atoms with Crippen LogP contribution in [-0.2, 0) is 0 Å². The molecule has 0 unspecified atom stereocenters. The van der Waals surface area contributed by atoms with Gasteiger partial charge in [-0.15, -0.1) is 0 Å². The number of benzene rings is 1. The third-order valence-electron chi connectivity index (χ3n) is 3.24. The number of aromatic nitrogens is 2. The molecule has 1 N–H and O–H groups in total. The van der Waals surface area contributed by atoms with Crippen LogP contribution in [0.5, 0.6) is 0 Å². The van der Waals surface area contributed by atoms with Gasteiger partial charge in [0.15, 0.2) is 0 Å². The third kappa shape index (κ3) is 2.21. The summed E-state index contributed by atoms with van der Waals surface area (Å²) < 4.78 is 0. The summed E-state index contributed by atoms with van der Waals surface area (Å²) in [4.78, 5) is 19.1. The zero-order chi connectivity index (χ0) is 12.7. The zero-order valence-corrected chi connectivity index (χ0v) is 10.7. The fraction of sp³-hybridized carbons (Fsp3) is 0.333. The van der Waals surface area contributed by atoms with E-state index in [0.29, 0.717) is 5.92 Å². The lowest BCUT2D eigenvalue weighted by Gasteiger charge is -2.06. The van der Waals surface area contributed by atoms with E-state index in [9.17, 15) is 4.79 Å². The smallest absolute Gasteiger partial charge is 0.251 e. The first-order valence-electron chi connectivity index (χ1n) is 6.32. The molecule has 3 rings (SSSR count). The fourth-order valence-electron chi connectivity index (χ4n) is 2.30. The van der Waals surface area contributed by atoms with E-state index in [0.717, 1.165) is 29.9 Å². The molecule has 1 aliphatic rings. The molecule has 3 nitrogen and oxygen atoms in total. The van der Waals surface area contributed by atoms with Gasteiger partial charge in [-0.3, -0.25) is 4.79 Å². The Kier molecular flexibility index (Phi) is 2.54. The van der Waals surface area contributed by atoms with Crippen molar-refractivity contribution in [2.45, 2.75) is 32.6 Å². The third-order valence-corrected chi connectivity index (χ3v) is 3.24. The molecule has 0 spiro atoms. The van der Waals surface area contributed by atoms with Crippen LogP contribution in [0.25, 0.3) is 11.3 Å². The molecule has 0 radical (unpaired) electrons. The van der Waals surface area contributed by atoms with E-state index in [4.69, 9.17) is 0 Å². The zero-order valence-electron chi connectivity index (χ0n) is 10.7. The van der Waals surface area contributed by atoms with Crippen molar-refractivity contribution in [2.24, 2.45) is 0 Å². The molecule has 1 aromatic heterocycles. The van der Waals surface area contributed by atoms with E-state index in [-0.39, 0.29) is 5.56 Å². The average Bonchev–Trinajstić information content (AvgIpc) is 3.10. The summed E-state index contributed by atoms with van der Waals surface area (Å²) in [5.74, 6) is 1.31. The topological polar surface area (TPSA) is 45.8 Å². The van der Waals surface area contributed by atoms with Gasteiger partial charge in [0.05, 0.1) is 5.69 Å². The molecule has 0 amide bonds. The molecule has 92 valence electrons. The van der Waals surface area contributed by atoms with Gasteiger partial charge in [-0.05, 0) is 38.8 Å². The summed E-state index contributed by atoms with van der Waals surface area (Å²) in [6.45, 7) is 4.12. The molecule has 0 bridgehead atoms. The van der Waals surface area contributed by atoms with Gasteiger partial charge in [0.1, 0.15) is 5.82 Å². The second-order valence-corrected chi connectivity index (χ2v) is 5.17. The van der Waals surface area contributed by atoms with Crippen molar-refractivity contribution in [3.05, 3.63) is 51.6 Å². The van der Waals surface area contributed by atoms with Crippen molar-refractivity contribution in [1.82, 2.24) is 9.97 Å². The van der Waals surface area contributed by atoms with E-state index < -0.39 is 0 Å². The van der Waals surface area contributed by atoms with E-state index in [1.807, 2.05) is 0 Å². The van der Waals surface area contributed by atoms with Gasteiger partial charge in [-0.25, -0.2) is 4.98 Å². The quantitative estimate of drug-likeness (QED) is 0.877. The highest BCUT2D eigenvalue weighted by Crippen LogP contribution is 2.38. The molecular formula is C15H16N2O. The largest absolute Gasteiger partial charge is 0.310 e. The summed E-state index contributed by atoms with van der Waals surface area (Å²) in [6.07, 6.45) is 2.28. The molecule has 2 aromatic rings. The minimum atomic E-state index is -0.0546. The first-order valence-corrected chi connectivity index (χ1v) is 6.32. The molecule has 0 saturated heterocycles. The van der Waals surface area contributed by atoms with Crippen molar-refractivity contribution in [3.8, 4) is 11.3 Å². The van der Waals surface area contributed by atoms with E-state index >= 15 is 0 Å². The van der Waals surface area contributed by atoms with E-state index in [2.05, 4.69) is 42.0 Å². The summed E-state index contributed by atoms with van der Waals surface area (Å²) in [5.41, 5.74) is 4.15. The predicted molar refractivity (Wildman–Crippen MR) is 71.7 cm³/mol. The lowest BCUT2D eigenvalue weighted by atomic mass is 10.0. The highest BCUT2D eigenvalue weighted by molar-refractivity contribution is 5.61. The number of nitrogens with one attached hydrogen (secondary N) is 1. The van der Waals surface area contributed by atoms with Crippen LogP contribution in [-0.4, -0.2) is 9.97 Å². The van der Waals surface area contributed by atoms with Crippen molar-refractivity contribution < 1.29 is 0 Å². The predicted octanol–water partition coefficient (Wildman–Crippen LogP) is 2.93. The molecule has 1 saturated carbocycles. The summed E-state index contributed by atoms with van der Waals surface area (Å²) in [5, 5.41) is 0. The standard InChI is InChI=1S/C15H16N2O/c1-9-5-10(2)7-12(6-9)13-8-14(18)17-15(16-13)11-3-4-11/h5-8,11H,3-4H2,1-2H3,(H,16,17,18). The molecule has 18 heavy (non-hydrogen) atoms. The van der Waals surface area contributed by atoms with Gasteiger partial charge in [-0.1, -0.05) is 17.2 Å². The van der Waals surface area contributed by atoms with Crippen LogP contribution in [0.3, 0.4) is 0 Å². The molecule has 0 aliphatic heterocycles. The van der Waals surface area contributed by atoms with Crippen LogP contribution in [0.1, 0.15) is 35.7 Å². The van der Waals surface area contributed by atoms with Crippen molar-refractivity contribution in [2.75, 3.05) is 0 Å². The van der Waals surface area contributed by atoms with Crippen LogP contribution in [0, 0.1) is 13.8 Å². The van der Waals surface area contributed by atoms with Gasteiger partial charge < -0.3 is 4.98 Å². The first kappa shape index (κ1) is 11.2. The molecule has 1 fully saturated rings.